The Hall–Kier alpha value is -1.02. The molecule has 0 saturated carbocycles. The van der Waals surface area contributed by atoms with Crippen LogP contribution in [0, 0.1) is 0 Å². The molecule has 0 heterocycles. The number of hydrogen-bond donors (Lipinski definition) is 3. The minimum Gasteiger partial charge on any atom is -0.387 e. The van der Waals surface area contributed by atoms with E-state index in [1.165, 1.54) is 83.5 Å². The number of phosphoric ester groups is 1. The smallest absolute Gasteiger partial charge is 0.387 e. The molecule has 0 saturated heterocycles. The van der Waals surface area contributed by atoms with Crippen molar-refractivity contribution in [2.45, 2.75) is 154 Å². The van der Waals surface area contributed by atoms with Crippen molar-refractivity contribution in [2.75, 3.05) is 40.9 Å². The molecule has 9 heteroatoms. The van der Waals surface area contributed by atoms with Gasteiger partial charge in [-0.1, -0.05) is 128 Å². The number of quaternary nitrogens is 1. The van der Waals surface area contributed by atoms with E-state index in [4.69, 9.17) is 9.05 Å². The molecule has 3 unspecified atom stereocenters. The zero-order chi connectivity index (χ0) is 32.9. The summed E-state index contributed by atoms with van der Waals surface area (Å²) < 4.78 is 23.3. The second-order valence-corrected chi connectivity index (χ2v) is 14.7. The monoisotopic (exact) mass is 645 g/mol. The molecule has 0 rings (SSSR count). The number of aliphatic hydroxyl groups is 1. The quantitative estimate of drug-likeness (QED) is 0.0302. The molecule has 0 aliphatic carbocycles. The first kappa shape index (κ1) is 43.0. The molecule has 3 N–H and O–H groups in total. The number of carbonyl (C=O) groups is 1. The van der Waals surface area contributed by atoms with Crippen LogP contribution in [0.5, 0.6) is 0 Å². The van der Waals surface area contributed by atoms with Gasteiger partial charge in [-0.25, -0.2) is 4.57 Å². The molecule has 0 aliphatic rings. The Bertz CT molecular complexity index is 784. The first-order chi connectivity index (χ1) is 21.0. The van der Waals surface area contributed by atoms with Gasteiger partial charge in [-0.05, 0) is 32.1 Å². The largest absolute Gasteiger partial charge is 0.472 e. The van der Waals surface area contributed by atoms with Gasteiger partial charge in [0.25, 0.3) is 0 Å². The van der Waals surface area contributed by atoms with Crippen LogP contribution in [0.1, 0.15) is 142 Å². The topological polar surface area (TPSA) is 105 Å². The van der Waals surface area contributed by atoms with Gasteiger partial charge in [0, 0.05) is 6.42 Å². The van der Waals surface area contributed by atoms with E-state index in [0.29, 0.717) is 17.4 Å². The van der Waals surface area contributed by atoms with Gasteiger partial charge in [0.2, 0.25) is 5.91 Å². The third kappa shape index (κ3) is 29.7. The highest BCUT2D eigenvalue weighted by Crippen LogP contribution is 2.43. The molecule has 0 bridgehead atoms. The molecule has 0 aliphatic heterocycles. The van der Waals surface area contributed by atoms with Gasteiger partial charge in [-0.3, -0.25) is 13.8 Å². The number of phosphoric acid groups is 1. The fourth-order valence-corrected chi connectivity index (χ4v) is 5.50. The van der Waals surface area contributed by atoms with Crippen LogP contribution in [0.15, 0.2) is 24.3 Å². The fourth-order valence-electron chi connectivity index (χ4n) is 4.76. The summed E-state index contributed by atoms with van der Waals surface area (Å²) in [5.74, 6) is -0.194. The average Bonchev–Trinajstić information content (AvgIpc) is 2.95. The summed E-state index contributed by atoms with van der Waals surface area (Å²) in [5.41, 5.74) is 0. The van der Waals surface area contributed by atoms with Gasteiger partial charge in [-0.15, -0.1) is 0 Å². The number of nitrogens with one attached hydrogen (secondary N) is 1. The van der Waals surface area contributed by atoms with Gasteiger partial charge < -0.3 is 19.8 Å². The van der Waals surface area contributed by atoms with E-state index in [0.717, 1.165) is 38.5 Å². The number of rotatable bonds is 31. The van der Waals surface area contributed by atoms with Gasteiger partial charge in [0.05, 0.1) is 39.9 Å². The van der Waals surface area contributed by atoms with Crippen LogP contribution in [0.2, 0.25) is 0 Å². The SMILES string of the molecule is CCCCCCCCC/C=C/CC/C=C/C(O)C(COP(=O)(O)OCC[N+](C)(C)C)NC(=O)CCCCCCCCCCC. The second-order valence-electron chi connectivity index (χ2n) is 13.2. The number of amides is 1. The van der Waals surface area contributed by atoms with Crippen LogP contribution in [0.3, 0.4) is 0 Å². The molecule has 44 heavy (non-hydrogen) atoms. The number of nitrogens with zero attached hydrogens (tertiary/aromatic N) is 1. The van der Waals surface area contributed by atoms with Crippen molar-refractivity contribution in [3.63, 3.8) is 0 Å². The Morgan fingerprint density at radius 3 is 1.82 bits per heavy atom. The Kier molecular flexibility index (Phi) is 27.6. The lowest BCUT2D eigenvalue weighted by atomic mass is 10.1. The van der Waals surface area contributed by atoms with Crippen LogP contribution in [0.4, 0.5) is 0 Å². The first-order valence-electron chi connectivity index (χ1n) is 17.7. The molecule has 8 nitrogen and oxygen atoms in total. The van der Waals surface area contributed by atoms with Crippen LogP contribution in [0.25, 0.3) is 0 Å². The minimum atomic E-state index is -4.33. The molecular formula is C35H70N2O6P+. The summed E-state index contributed by atoms with van der Waals surface area (Å²) in [6.07, 6.45) is 29.6. The maximum absolute atomic E-state index is 12.7. The summed E-state index contributed by atoms with van der Waals surface area (Å²) in [6, 6.07) is -0.854. The number of hydrogen-bond acceptors (Lipinski definition) is 5. The van der Waals surface area contributed by atoms with Gasteiger partial charge in [0.15, 0.2) is 0 Å². The molecule has 260 valence electrons. The van der Waals surface area contributed by atoms with Crippen molar-refractivity contribution in [2.24, 2.45) is 0 Å². The van der Waals surface area contributed by atoms with Crippen LogP contribution < -0.4 is 5.32 Å². The number of unbranched alkanes of at least 4 members (excludes halogenated alkanes) is 16. The van der Waals surface area contributed by atoms with E-state index >= 15 is 0 Å². The van der Waals surface area contributed by atoms with Crippen molar-refractivity contribution in [1.29, 1.82) is 0 Å². The summed E-state index contributed by atoms with van der Waals surface area (Å²) in [6.45, 7) is 4.73. The van der Waals surface area contributed by atoms with Crippen molar-refractivity contribution >= 4 is 13.7 Å². The molecule has 0 aromatic rings. The lowest BCUT2D eigenvalue weighted by Crippen LogP contribution is -2.45. The Labute approximate surface area is 271 Å². The van der Waals surface area contributed by atoms with Gasteiger partial charge in [0.1, 0.15) is 13.2 Å². The molecule has 0 radical (unpaired) electrons. The second kappa shape index (κ2) is 28.2. The summed E-state index contributed by atoms with van der Waals surface area (Å²) in [7, 11) is 1.55. The van der Waals surface area contributed by atoms with E-state index < -0.39 is 20.0 Å². The van der Waals surface area contributed by atoms with Crippen molar-refractivity contribution in [3.05, 3.63) is 24.3 Å². The lowest BCUT2D eigenvalue weighted by molar-refractivity contribution is -0.870. The van der Waals surface area contributed by atoms with E-state index in [1.54, 1.807) is 6.08 Å². The summed E-state index contributed by atoms with van der Waals surface area (Å²) in [4.78, 5) is 22.8. The number of aliphatic hydroxyl groups excluding tert-OH is 1. The standard InChI is InChI=1S/C35H69N2O6P/c1-6-8-10-12-14-16-17-18-19-21-22-24-26-28-34(38)33(32-43-44(40,41)42-31-30-37(3,4)5)36-35(39)29-27-25-23-20-15-13-11-9-7-2/h19,21,26,28,33-34,38H,6-18,20,22-25,27,29-32H2,1-5H3,(H-,36,39,40,41)/p+1/b21-19+,28-26+. The maximum atomic E-state index is 12.7. The van der Waals surface area contributed by atoms with Crippen molar-refractivity contribution < 1.29 is 32.9 Å². The molecule has 0 spiro atoms. The normalized spacial score (nSPS) is 15.2. The van der Waals surface area contributed by atoms with E-state index in [2.05, 4.69) is 31.3 Å². The third-order valence-corrected chi connectivity index (χ3v) is 8.66. The molecular weight excluding hydrogens is 575 g/mol. The van der Waals surface area contributed by atoms with Crippen molar-refractivity contribution in [1.82, 2.24) is 5.32 Å². The van der Waals surface area contributed by atoms with Gasteiger partial charge in [-0.2, -0.15) is 0 Å². The van der Waals surface area contributed by atoms with Crippen LogP contribution in [-0.4, -0.2) is 73.4 Å². The van der Waals surface area contributed by atoms with E-state index in [-0.39, 0.29) is 19.1 Å². The Balaban J connectivity index is 4.66. The highest BCUT2D eigenvalue weighted by molar-refractivity contribution is 7.47. The molecule has 0 aromatic carbocycles. The van der Waals surface area contributed by atoms with E-state index in [9.17, 15) is 19.4 Å². The number of likely N-dealkylation sites (N-methyl/N-ethyl adjacent to an activating group) is 1. The minimum absolute atomic E-state index is 0.0574. The van der Waals surface area contributed by atoms with E-state index in [1.807, 2.05) is 27.2 Å². The zero-order valence-corrected chi connectivity index (χ0v) is 30.0. The number of carbonyl (C=O) groups excluding carboxylic acids is 1. The average molecular weight is 646 g/mol. The predicted molar refractivity (Wildman–Crippen MR) is 185 cm³/mol. The van der Waals surface area contributed by atoms with Gasteiger partial charge >= 0.3 is 7.82 Å². The maximum Gasteiger partial charge on any atom is 0.472 e. The van der Waals surface area contributed by atoms with Crippen molar-refractivity contribution in [3.8, 4) is 0 Å². The number of allylic oxidation sites excluding steroid dienone is 3. The Morgan fingerprint density at radius 1 is 0.750 bits per heavy atom. The molecule has 0 aromatic heterocycles. The molecule has 3 atom stereocenters. The Morgan fingerprint density at radius 2 is 1.25 bits per heavy atom. The predicted octanol–water partition coefficient (Wildman–Crippen LogP) is 8.63. The molecule has 0 fully saturated rings. The molecule has 1 amide bonds. The lowest BCUT2D eigenvalue weighted by Gasteiger charge is -2.25. The fraction of sp³-hybridized carbons (Fsp3) is 0.857. The highest BCUT2D eigenvalue weighted by Gasteiger charge is 2.27. The van der Waals surface area contributed by atoms with Crippen LogP contribution in [-0.2, 0) is 18.4 Å². The third-order valence-electron chi connectivity index (χ3n) is 7.67. The summed E-state index contributed by atoms with van der Waals surface area (Å²) >= 11 is 0. The highest BCUT2D eigenvalue weighted by atomic mass is 31.2. The van der Waals surface area contributed by atoms with Crippen LogP contribution >= 0.6 is 7.82 Å². The summed E-state index contributed by atoms with van der Waals surface area (Å²) in [5, 5.41) is 13.7. The first-order valence-corrected chi connectivity index (χ1v) is 19.2. The zero-order valence-electron chi connectivity index (χ0n) is 29.1.